The number of sulfonamides is 1. The number of carbonyl (C=O) groups excluding carboxylic acids is 1. The summed E-state index contributed by atoms with van der Waals surface area (Å²) >= 11 is 12.2. The summed E-state index contributed by atoms with van der Waals surface area (Å²) in [5, 5.41) is 3.46. The molecule has 0 saturated carbocycles. The van der Waals surface area contributed by atoms with Crippen LogP contribution in [-0.2, 0) is 14.8 Å². The van der Waals surface area contributed by atoms with Crippen molar-refractivity contribution >= 4 is 44.8 Å². The number of carbonyl (C=O) groups is 1. The average Bonchev–Trinajstić information content (AvgIpc) is 2.72. The molecule has 1 atom stereocenters. The molecule has 0 fully saturated rings. The van der Waals surface area contributed by atoms with Gasteiger partial charge in [0.1, 0.15) is 6.54 Å². The highest BCUT2D eigenvalue weighted by Crippen LogP contribution is 2.29. The van der Waals surface area contributed by atoms with E-state index in [4.69, 9.17) is 23.2 Å². The van der Waals surface area contributed by atoms with Crippen LogP contribution in [0.15, 0.2) is 53.4 Å². The lowest BCUT2D eigenvalue weighted by atomic mass is 9.99. The van der Waals surface area contributed by atoms with Crippen LogP contribution in [0, 0.1) is 5.92 Å². The highest BCUT2D eigenvalue weighted by atomic mass is 35.5. The lowest BCUT2D eigenvalue weighted by Crippen LogP contribution is -2.42. The van der Waals surface area contributed by atoms with Crippen LogP contribution in [0.5, 0.6) is 0 Å². The van der Waals surface area contributed by atoms with Gasteiger partial charge in [-0.2, -0.15) is 0 Å². The van der Waals surface area contributed by atoms with Gasteiger partial charge in [-0.15, -0.1) is 0 Å². The van der Waals surface area contributed by atoms with E-state index in [1.807, 2.05) is 0 Å². The molecule has 1 amide bonds. The van der Waals surface area contributed by atoms with E-state index in [1.165, 1.54) is 30.3 Å². The van der Waals surface area contributed by atoms with Crippen molar-refractivity contribution in [2.75, 3.05) is 17.4 Å². The van der Waals surface area contributed by atoms with Crippen LogP contribution < -0.4 is 9.62 Å². The normalized spacial score (nSPS) is 12.4. The molecule has 2 rings (SSSR count). The fourth-order valence-electron chi connectivity index (χ4n) is 3.11. The number of nitrogens with zero attached hydrogens (tertiary/aromatic N) is 1. The Morgan fingerprint density at radius 3 is 2.27 bits per heavy atom. The second-order valence-corrected chi connectivity index (χ2v) is 9.91. The van der Waals surface area contributed by atoms with Gasteiger partial charge in [0.05, 0.1) is 10.6 Å². The molecule has 0 radical (unpaired) electrons. The molecule has 0 aromatic heterocycles. The number of amides is 1. The van der Waals surface area contributed by atoms with Gasteiger partial charge in [-0.05, 0) is 42.7 Å². The molecule has 0 bridgehead atoms. The molecule has 0 aliphatic heterocycles. The number of anilines is 1. The van der Waals surface area contributed by atoms with Crippen molar-refractivity contribution in [3.63, 3.8) is 0 Å². The van der Waals surface area contributed by atoms with Gasteiger partial charge in [-0.25, -0.2) is 8.42 Å². The first-order valence-corrected chi connectivity index (χ1v) is 12.3. The predicted octanol–water partition coefficient (Wildman–Crippen LogP) is 5.52. The zero-order valence-electron chi connectivity index (χ0n) is 17.3. The molecule has 0 heterocycles. The molecule has 2 aromatic carbocycles. The van der Waals surface area contributed by atoms with E-state index in [-0.39, 0.29) is 33.1 Å². The molecule has 0 aliphatic carbocycles. The summed E-state index contributed by atoms with van der Waals surface area (Å²) in [6.45, 7) is 4.38. The second-order valence-electron chi connectivity index (χ2n) is 7.17. The predicted molar refractivity (Wildman–Crippen MR) is 124 cm³/mol. The molecule has 1 unspecified atom stereocenters. The van der Waals surface area contributed by atoms with Crippen LogP contribution >= 0.6 is 23.2 Å². The number of hydrogen-bond acceptors (Lipinski definition) is 3. The molecule has 164 valence electrons. The third-order valence-electron chi connectivity index (χ3n) is 4.88. The third kappa shape index (κ3) is 6.89. The highest BCUT2D eigenvalue weighted by Gasteiger charge is 2.27. The first-order chi connectivity index (χ1) is 14.3. The van der Waals surface area contributed by atoms with E-state index in [1.54, 1.807) is 18.2 Å². The third-order valence-corrected chi connectivity index (χ3v) is 7.11. The molecule has 8 heteroatoms. The summed E-state index contributed by atoms with van der Waals surface area (Å²) in [5.41, 5.74) is 0.240. The SMILES string of the molecule is CCCCC(CC)CNC(=O)CN(c1cc(Cl)cc(Cl)c1)S(=O)(=O)c1ccccc1. The molecular formula is C22H28Cl2N2O3S. The van der Waals surface area contributed by atoms with Crippen LogP contribution in [0.3, 0.4) is 0 Å². The summed E-state index contributed by atoms with van der Waals surface area (Å²) in [7, 11) is -3.99. The van der Waals surface area contributed by atoms with Crippen LogP contribution in [-0.4, -0.2) is 27.4 Å². The molecule has 0 spiro atoms. The summed E-state index contributed by atoms with van der Waals surface area (Å²) in [5.74, 6) is -0.00533. The van der Waals surface area contributed by atoms with Gasteiger partial charge in [-0.3, -0.25) is 9.10 Å². The second kappa shape index (κ2) is 11.6. The average molecular weight is 471 g/mol. The monoisotopic (exact) mass is 470 g/mol. The first-order valence-electron chi connectivity index (χ1n) is 10.1. The van der Waals surface area contributed by atoms with Crippen LogP contribution in [0.2, 0.25) is 10.0 Å². The van der Waals surface area contributed by atoms with Crippen LogP contribution in [0.1, 0.15) is 39.5 Å². The van der Waals surface area contributed by atoms with E-state index in [2.05, 4.69) is 19.2 Å². The maximum atomic E-state index is 13.3. The number of nitrogens with one attached hydrogen (secondary N) is 1. The Balaban J connectivity index is 2.27. The smallest absolute Gasteiger partial charge is 0.264 e. The van der Waals surface area contributed by atoms with E-state index in [9.17, 15) is 13.2 Å². The Kier molecular flexibility index (Phi) is 9.46. The first kappa shape index (κ1) is 24.5. The van der Waals surface area contributed by atoms with Crippen molar-refractivity contribution in [2.24, 2.45) is 5.92 Å². The maximum Gasteiger partial charge on any atom is 0.264 e. The minimum absolute atomic E-state index is 0.0864. The lowest BCUT2D eigenvalue weighted by molar-refractivity contribution is -0.119. The van der Waals surface area contributed by atoms with Gasteiger partial charge in [0.15, 0.2) is 0 Å². The van der Waals surface area contributed by atoms with Gasteiger partial charge in [0.2, 0.25) is 5.91 Å². The van der Waals surface area contributed by atoms with E-state index in [0.717, 1.165) is 30.0 Å². The quantitative estimate of drug-likeness (QED) is 0.469. The largest absolute Gasteiger partial charge is 0.354 e. The van der Waals surface area contributed by atoms with Crippen molar-refractivity contribution < 1.29 is 13.2 Å². The summed E-state index contributed by atoms with van der Waals surface area (Å²) < 4.78 is 27.6. The Hall–Kier alpha value is -1.76. The Bertz CT molecular complexity index is 916. The molecule has 0 saturated heterocycles. The lowest BCUT2D eigenvalue weighted by Gasteiger charge is -2.25. The Morgan fingerprint density at radius 1 is 1.07 bits per heavy atom. The van der Waals surface area contributed by atoms with Crippen LogP contribution in [0.4, 0.5) is 5.69 Å². The van der Waals surface area contributed by atoms with Crippen molar-refractivity contribution in [1.82, 2.24) is 5.32 Å². The number of unbranched alkanes of at least 4 members (excludes halogenated alkanes) is 1. The standard InChI is InChI=1S/C22H28Cl2N2O3S/c1-3-5-9-17(4-2)15-25-22(27)16-26(20-13-18(23)12-19(24)14-20)30(28,29)21-10-7-6-8-11-21/h6-8,10-14,17H,3-5,9,15-16H2,1-2H3,(H,25,27). The maximum absolute atomic E-state index is 13.3. The molecule has 0 aliphatic rings. The molecule has 5 nitrogen and oxygen atoms in total. The fourth-order valence-corrected chi connectivity index (χ4v) is 5.05. The van der Waals surface area contributed by atoms with Gasteiger partial charge >= 0.3 is 0 Å². The number of hydrogen-bond donors (Lipinski definition) is 1. The van der Waals surface area contributed by atoms with Gasteiger partial charge < -0.3 is 5.32 Å². The number of benzene rings is 2. The number of rotatable bonds is 11. The minimum Gasteiger partial charge on any atom is -0.354 e. The minimum atomic E-state index is -3.99. The zero-order chi connectivity index (χ0) is 22.1. The summed E-state index contributed by atoms with van der Waals surface area (Å²) in [6.07, 6.45) is 4.19. The van der Waals surface area contributed by atoms with E-state index in [0.29, 0.717) is 12.5 Å². The van der Waals surface area contributed by atoms with Crippen molar-refractivity contribution in [3.05, 3.63) is 58.6 Å². The van der Waals surface area contributed by atoms with Gasteiger partial charge in [0.25, 0.3) is 10.0 Å². The van der Waals surface area contributed by atoms with E-state index < -0.39 is 10.0 Å². The summed E-state index contributed by atoms with van der Waals surface area (Å²) in [4.78, 5) is 12.8. The van der Waals surface area contributed by atoms with Crippen molar-refractivity contribution in [1.29, 1.82) is 0 Å². The van der Waals surface area contributed by atoms with Gasteiger partial charge in [-0.1, -0.05) is 74.5 Å². The summed E-state index contributed by atoms with van der Waals surface area (Å²) in [6, 6.07) is 12.5. The van der Waals surface area contributed by atoms with E-state index >= 15 is 0 Å². The zero-order valence-corrected chi connectivity index (χ0v) is 19.6. The molecule has 30 heavy (non-hydrogen) atoms. The fraction of sp³-hybridized carbons (Fsp3) is 0.409. The van der Waals surface area contributed by atoms with Crippen molar-refractivity contribution in [2.45, 2.75) is 44.4 Å². The molecular weight excluding hydrogens is 443 g/mol. The van der Waals surface area contributed by atoms with Crippen molar-refractivity contribution in [3.8, 4) is 0 Å². The Morgan fingerprint density at radius 2 is 1.70 bits per heavy atom. The van der Waals surface area contributed by atoms with Gasteiger partial charge in [0, 0.05) is 16.6 Å². The molecule has 2 aromatic rings. The molecule has 1 N–H and O–H groups in total. The topological polar surface area (TPSA) is 66.5 Å². The number of halogens is 2. The van der Waals surface area contributed by atoms with Crippen LogP contribution in [0.25, 0.3) is 0 Å². The highest BCUT2D eigenvalue weighted by molar-refractivity contribution is 7.92. The Labute approximate surface area is 189 Å².